The van der Waals surface area contributed by atoms with E-state index >= 15 is 0 Å². The SMILES string of the molecule is Cc1cc(C(=O)Nc2cccc(Cc3ccc4c(c3)/C(=C/Nc3cc[nH]n3)C(=O)N4)c2)n(C)n1. The molecule has 34 heavy (non-hydrogen) atoms. The van der Waals surface area contributed by atoms with Crippen LogP contribution in [-0.4, -0.2) is 31.8 Å². The second-order valence-corrected chi connectivity index (χ2v) is 8.12. The molecule has 4 N–H and O–H groups in total. The van der Waals surface area contributed by atoms with Crippen LogP contribution in [-0.2, 0) is 18.3 Å². The zero-order valence-corrected chi connectivity index (χ0v) is 18.7. The number of nitrogens with one attached hydrogen (secondary N) is 4. The maximum absolute atomic E-state index is 12.6. The molecule has 9 nitrogen and oxygen atoms in total. The van der Waals surface area contributed by atoms with E-state index in [4.69, 9.17) is 0 Å². The molecule has 0 saturated carbocycles. The molecule has 0 radical (unpaired) electrons. The Labute approximate surface area is 195 Å². The standard InChI is InChI=1S/C25H23N7O2/c1-15-10-22(32(2)31-15)25(34)28-18-5-3-4-16(12-18)11-17-6-7-21-19(13-17)20(24(33)29-21)14-26-23-8-9-27-30-23/h3-10,12-14H,11H2,1-2H3,(H,28,34)(H,29,33)(H2,26,27,30)/b20-14-. The fourth-order valence-electron chi connectivity index (χ4n) is 3.99. The first kappa shape index (κ1) is 21.2. The average molecular weight is 454 g/mol. The summed E-state index contributed by atoms with van der Waals surface area (Å²) in [7, 11) is 1.75. The predicted molar refractivity (Wildman–Crippen MR) is 130 cm³/mol. The van der Waals surface area contributed by atoms with E-state index in [9.17, 15) is 9.59 Å². The van der Waals surface area contributed by atoms with E-state index in [-0.39, 0.29) is 11.8 Å². The van der Waals surface area contributed by atoms with Crippen molar-refractivity contribution in [1.82, 2.24) is 20.0 Å². The summed E-state index contributed by atoms with van der Waals surface area (Å²) in [5.74, 6) is 0.261. The van der Waals surface area contributed by atoms with E-state index in [2.05, 4.69) is 31.2 Å². The Morgan fingerprint density at radius 3 is 2.74 bits per heavy atom. The van der Waals surface area contributed by atoms with Crippen molar-refractivity contribution in [3.05, 3.63) is 95.1 Å². The maximum atomic E-state index is 12.6. The fourth-order valence-corrected chi connectivity index (χ4v) is 3.99. The Balaban J connectivity index is 1.33. The molecule has 4 aromatic rings. The summed E-state index contributed by atoms with van der Waals surface area (Å²) < 4.78 is 1.57. The first-order chi connectivity index (χ1) is 16.5. The van der Waals surface area contributed by atoms with Crippen LogP contribution in [0, 0.1) is 6.92 Å². The van der Waals surface area contributed by atoms with Gasteiger partial charge in [-0.1, -0.05) is 18.2 Å². The highest BCUT2D eigenvalue weighted by atomic mass is 16.2. The predicted octanol–water partition coefficient (Wildman–Crippen LogP) is 3.70. The van der Waals surface area contributed by atoms with Gasteiger partial charge in [-0.2, -0.15) is 10.2 Å². The van der Waals surface area contributed by atoms with Gasteiger partial charge in [-0.25, -0.2) is 0 Å². The van der Waals surface area contributed by atoms with Crippen molar-refractivity contribution in [2.45, 2.75) is 13.3 Å². The summed E-state index contributed by atoms with van der Waals surface area (Å²) in [6, 6.07) is 17.2. The number of rotatable bonds is 6. The van der Waals surface area contributed by atoms with Crippen molar-refractivity contribution < 1.29 is 9.59 Å². The van der Waals surface area contributed by atoms with Crippen LogP contribution < -0.4 is 16.0 Å². The van der Waals surface area contributed by atoms with E-state index in [1.165, 1.54) is 0 Å². The summed E-state index contributed by atoms with van der Waals surface area (Å²) in [5.41, 5.74) is 6.25. The molecule has 5 rings (SSSR count). The number of aromatic nitrogens is 4. The monoisotopic (exact) mass is 453 g/mol. The molecule has 2 amide bonds. The summed E-state index contributed by atoms with van der Waals surface area (Å²) in [6.45, 7) is 1.85. The van der Waals surface area contributed by atoms with E-state index in [1.807, 2.05) is 49.4 Å². The van der Waals surface area contributed by atoms with Gasteiger partial charge in [-0.15, -0.1) is 0 Å². The average Bonchev–Trinajstić information content (AvgIpc) is 3.51. The van der Waals surface area contributed by atoms with Crippen LogP contribution in [0.3, 0.4) is 0 Å². The van der Waals surface area contributed by atoms with Crippen molar-refractivity contribution in [3.63, 3.8) is 0 Å². The molecule has 0 bridgehead atoms. The number of anilines is 3. The van der Waals surface area contributed by atoms with Crippen molar-refractivity contribution in [2.75, 3.05) is 16.0 Å². The van der Waals surface area contributed by atoms with E-state index in [1.54, 1.807) is 36.3 Å². The number of H-pyrrole nitrogens is 1. The van der Waals surface area contributed by atoms with Gasteiger partial charge in [-0.05, 0) is 54.8 Å². The Morgan fingerprint density at radius 2 is 1.97 bits per heavy atom. The number of carbonyl (C=O) groups is 2. The number of amides is 2. The van der Waals surface area contributed by atoms with Gasteiger partial charge in [0.05, 0.1) is 11.3 Å². The first-order valence-electron chi connectivity index (χ1n) is 10.8. The van der Waals surface area contributed by atoms with Crippen LogP contribution in [0.2, 0.25) is 0 Å². The molecule has 0 unspecified atom stereocenters. The normalized spacial score (nSPS) is 13.6. The smallest absolute Gasteiger partial charge is 0.273 e. The summed E-state index contributed by atoms with van der Waals surface area (Å²) in [5, 5.41) is 19.9. The molecular weight excluding hydrogens is 430 g/mol. The number of hydrogen-bond acceptors (Lipinski definition) is 5. The Morgan fingerprint density at radius 1 is 1.12 bits per heavy atom. The second kappa shape index (κ2) is 8.70. The molecule has 2 aromatic carbocycles. The molecule has 2 aromatic heterocycles. The lowest BCUT2D eigenvalue weighted by atomic mass is 9.99. The maximum Gasteiger partial charge on any atom is 0.273 e. The molecule has 1 aliphatic heterocycles. The van der Waals surface area contributed by atoms with Gasteiger partial charge >= 0.3 is 0 Å². The third-order valence-corrected chi connectivity index (χ3v) is 5.56. The largest absolute Gasteiger partial charge is 0.344 e. The van der Waals surface area contributed by atoms with Gasteiger partial charge in [0.1, 0.15) is 5.69 Å². The van der Waals surface area contributed by atoms with Crippen LogP contribution in [0.15, 0.2) is 67.0 Å². The molecule has 1 aliphatic rings. The Kier molecular flexibility index (Phi) is 5.43. The quantitative estimate of drug-likeness (QED) is 0.332. The van der Waals surface area contributed by atoms with Crippen LogP contribution in [0.1, 0.15) is 32.9 Å². The summed E-state index contributed by atoms with van der Waals surface area (Å²) in [6.07, 6.45) is 4.02. The van der Waals surface area contributed by atoms with Crippen LogP contribution in [0.25, 0.3) is 5.57 Å². The van der Waals surface area contributed by atoms with Crippen LogP contribution in [0.4, 0.5) is 17.2 Å². The molecule has 9 heteroatoms. The van der Waals surface area contributed by atoms with E-state index < -0.39 is 0 Å². The minimum atomic E-state index is -0.207. The lowest BCUT2D eigenvalue weighted by Gasteiger charge is -2.09. The highest BCUT2D eigenvalue weighted by Gasteiger charge is 2.24. The number of aryl methyl sites for hydroxylation is 2. The summed E-state index contributed by atoms with van der Waals surface area (Å²) >= 11 is 0. The van der Waals surface area contributed by atoms with Crippen LogP contribution in [0.5, 0.6) is 0 Å². The van der Waals surface area contributed by atoms with Gasteiger partial charge in [0.2, 0.25) is 0 Å². The number of nitrogens with zero attached hydrogens (tertiary/aromatic N) is 3. The number of aromatic amines is 1. The second-order valence-electron chi connectivity index (χ2n) is 8.12. The molecule has 0 atom stereocenters. The molecule has 0 aliphatic carbocycles. The van der Waals surface area contributed by atoms with Crippen molar-refractivity contribution >= 4 is 34.6 Å². The Bertz CT molecular complexity index is 1420. The molecule has 3 heterocycles. The highest BCUT2D eigenvalue weighted by molar-refractivity contribution is 6.31. The number of benzene rings is 2. The summed E-state index contributed by atoms with van der Waals surface area (Å²) in [4.78, 5) is 25.1. The van der Waals surface area contributed by atoms with Gasteiger partial charge in [-0.3, -0.25) is 19.4 Å². The molecule has 0 fully saturated rings. The highest BCUT2D eigenvalue weighted by Crippen LogP contribution is 2.33. The van der Waals surface area contributed by atoms with E-state index in [0.29, 0.717) is 29.2 Å². The topological polar surface area (TPSA) is 117 Å². The zero-order valence-electron chi connectivity index (χ0n) is 18.7. The molecule has 0 saturated heterocycles. The molecule has 0 spiro atoms. The van der Waals surface area contributed by atoms with Gasteiger partial charge in [0.25, 0.3) is 11.8 Å². The molecular formula is C25H23N7O2. The minimum absolute atomic E-state index is 0.162. The van der Waals surface area contributed by atoms with Gasteiger partial charge < -0.3 is 16.0 Å². The first-order valence-corrected chi connectivity index (χ1v) is 10.8. The number of fused-ring (bicyclic) bond motifs is 1. The minimum Gasteiger partial charge on any atom is -0.344 e. The third-order valence-electron chi connectivity index (χ3n) is 5.56. The van der Waals surface area contributed by atoms with E-state index in [0.717, 1.165) is 28.1 Å². The van der Waals surface area contributed by atoms with Gasteiger partial charge in [0.15, 0.2) is 5.82 Å². The van der Waals surface area contributed by atoms with Crippen molar-refractivity contribution in [1.29, 1.82) is 0 Å². The van der Waals surface area contributed by atoms with Crippen LogP contribution >= 0.6 is 0 Å². The van der Waals surface area contributed by atoms with Crippen molar-refractivity contribution in [3.8, 4) is 0 Å². The fraction of sp³-hybridized carbons (Fsp3) is 0.120. The Hall–Kier alpha value is -4.66. The number of hydrogen-bond donors (Lipinski definition) is 4. The van der Waals surface area contributed by atoms with Gasteiger partial charge in [0, 0.05) is 42.4 Å². The molecule has 170 valence electrons. The van der Waals surface area contributed by atoms with Crippen molar-refractivity contribution in [2.24, 2.45) is 7.05 Å². The lowest BCUT2D eigenvalue weighted by molar-refractivity contribution is -0.110. The lowest BCUT2D eigenvalue weighted by Crippen LogP contribution is -2.16. The number of carbonyl (C=O) groups excluding carboxylic acids is 2. The third kappa shape index (κ3) is 4.31. The zero-order chi connectivity index (χ0) is 23.7.